The van der Waals surface area contributed by atoms with Gasteiger partial charge in [0.2, 0.25) is 0 Å². The van der Waals surface area contributed by atoms with Gasteiger partial charge in [-0.25, -0.2) is 0 Å². The van der Waals surface area contributed by atoms with Gasteiger partial charge in [-0.1, -0.05) is 29.8 Å². The van der Waals surface area contributed by atoms with Crippen molar-refractivity contribution < 1.29 is 24.2 Å². The summed E-state index contributed by atoms with van der Waals surface area (Å²) in [6, 6.07) is 11.4. The summed E-state index contributed by atoms with van der Waals surface area (Å²) in [6.07, 6.45) is 2.81. The highest BCUT2D eigenvalue weighted by Gasteiger charge is 2.22. The van der Waals surface area contributed by atoms with E-state index >= 15 is 0 Å². The van der Waals surface area contributed by atoms with E-state index in [0.717, 1.165) is 12.0 Å². The number of rotatable bonds is 13. The quantitative estimate of drug-likeness (QED) is 0.365. The summed E-state index contributed by atoms with van der Waals surface area (Å²) in [5.41, 5.74) is 3.76. The second kappa shape index (κ2) is 12.1. The molecule has 0 spiro atoms. The van der Waals surface area contributed by atoms with Crippen LogP contribution >= 0.6 is 0 Å². The summed E-state index contributed by atoms with van der Waals surface area (Å²) in [5.74, 6) is 0.400. The monoisotopic (exact) mass is 427 g/mol. The number of aryl methyl sites for hydroxylation is 2. The van der Waals surface area contributed by atoms with E-state index in [1.165, 1.54) is 11.1 Å². The molecule has 0 amide bonds. The number of hydrogen-bond acceptors (Lipinski definition) is 5. The Bertz CT molecular complexity index is 868. The summed E-state index contributed by atoms with van der Waals surface area (Å²) >= 11 is 0. The number of carbonyl (C=O) groups is 2. The van der Waals surface area contributed by atoms with E-state index in [9.17, 15) is 9.59 Å². The van der Waals surface area contributed by atoms with E-state index in [0.29, 0.717) is 42.9 Å². The van der Waals surface area contributed by atoms with E-state index in [1.54, 1.807) is 26.4 Å². The number of ether oxygens (including phenoxy) is 2. The summed E-state index contributed by atoms with van der Waals surface area (Å²) < 4.78 is 10.9. The van der Waals surface area contributed by atoms with Gasteiger partial charge in [0.05, 0.1) is 20.3 Å². The van der Waals surface area contributed by atoms with Crippen molar-refractivity contribution in [3.8, 4) is 11.5 Å². The first-order valence-electron chi connectivity index (χ1n) is 10.6. The first kappa shape index (κ1) is 24.4. The molecule has 0 saturated carbocycles. The Labute approximate surface area is 184 Å². The molecular formula is C25H33NO5. The Balaban J connectivity index is 2.17. The molecule has 2 N–H and O–H groups in total. The Kier molecular flexibility index (Phi) is 9.53. The Morgan fingerprint density at radius 3 is 2.29 bits per heavy atom. The highest BCUT2D eigenvalue weighted by atomic mass is 16.5. The van der Waals surface area contributed by atoms with Gasteiger partial charge in [0.15, 0.2) is 5.78 Å². The van der Waals surface area contributed by atoms with Crippen LogP contribution in [0.3, 0.4) is 0 Å². The zero-order valence-electron chi connectivity index (χ0n) is 18.9. The van der Waals surface area contributed by atoms with Crippen LogP contribution in [0.2, 0.25) is 0 Å². The van der Waals surface area contributed by atoms with Crippen molar-refractivity contribution in [2.75, 3.05) is 20.8 Å². The van der Waals surface area contributed by atoms with Gasteiger partial charge >= 0.3 is 5.97 Å². The van der Waals surface area contributed by atoms with Crippen LogP contribution in [0, 0.1) is 13.8 Å². The lowest BCUT2D eigenvalue weighted by molar-refractivity contribution is -0.137. The fourth-order valence-corrected chi connectivity index (χ4v) is 3.61. The number of carboxylic acid groups (broad SMARTS) is 1. The molecule has 6 heteroatoms. The summed E-state index contributed by atoms with van der Waals surface area (Å²) in [6.45, 7) is 4.52. The zero-order valence-corrected chi connectivity index (χ0v) is 18.9. The second-order valence-electron chi connectivity index (χ2n) is 7.76. The highest BCUT2D eigenvalue weighted by Crippen LogP contribution is 2.30. The number of Topliss-reactive ketones (excluding diaryl/α,β-unsaturated/α-hetero) is 1. The minimum atomic E-state index is -0.800. The third kappa shape index (κ3) is 7.40. The van der Waals surface area contributed by atoms with Crippen LogP contribution in [0.15, 0.2) is 36.4 Å². The number of carbonyl (C=O) groups excluding carboxylic acids is 1. The van der Waals surface area contributed by atoms with Gasteiger partial charge in [-0.3, -0.25) is 9.59 Å². The molecule has 0 aromatic heterocycles. The number of ketones is 1. The van der Waals surface area contributed by atoms with Crippen molar-refractivity contribution in [3.63, 3.8) is 0 Å². The number of nitrogens with one attached hydrogen (secondary N) is 1. The second-order valence-corrected chi connectivity index (χ2v) is 7.76. The van der Waals surface area contributed by atoms with Crippen molar-refractivity contribution >= 4 is 11.8 Å². The van der Waals surface area contributed by atoms with E-state index in [1.807, 2.05) is 13.0 Å². The number of hydrogen-bond donors (Lipinski definition) is 2. The molecule has 0 aliphatic carbocycles. The first-order chi connectivity index (χ1) is 14.8. The Morgan fingerprint density at radius 2 is 1.71 bits per heavy atom. The molecule has 0 radical (unpaired) electrons. The van der Waals surface area contributed by atoms with Gasteiger partial charge in [0.1, 0.15) is 11.5 Å². The van der Waals surface area contributed by atoms with Gasteiger partial charge in [-0.15, -0.1) is 0 Å². The Hall–Kier alpha value is -2.86. The minimum absolute atomic E-state index is 0.0255. The van der Waals surface area contributed by atoms with Crippen molar-refractivity contribution in [2.24, 2.45) is 0 Å². The van der Waals surface area contributed by atoms with Gasteiger partial charge in [0.25, 0.3) is 0 Å². The van der Waals surface area contributed by atoms with Crippen LogP contribution in [-0.2, 0) is 11.2 Å². The zero-order chi connectivity index (χ0) is 22.8. The van der Waals surface area contributed by atoms with Gasteiger partial charge in [-0.05, 0) is 63.8 Å². The topological polar surface area (TPSA) is 84.9 Å². The van der Waals surface area contributed by atoms with Crippen molar-refractivity contribution in [2.45, 2.75) is 52.0 Å². The fraction of sp³-hybridized carbons (Fsp3) is 0.440. The van der Waals surface area contributed by atoms with Crippen LogP contribution in [-0.4, -0.2) is 43.7 Å². The summed E-state index contributed by atoms with van der Waals surface area (Å²) in [5, 5.41) is 12.2. The molecule has 6 nitrogen and oxygen atoms in total. The normalized spacial score (nSPS) is 11.7. The van der Waals surface area contributed by atoms with Gasteiger partial charge in [0, 0.05) is 17.5 Å². The molecule has 0 aliphatic heterocycles. The molecular weight excluding hydrogens is 394 g/mol. The lowest BCUT2D eigenvalue weighted by Crippen LogP contribution is -2.38. The van der Waals surface area contributed by atoms with Crippen molar-refractivity contribution in [3.05, 3.63) is 58.7 Å². The van der Waals surface area contributed by atoms with E-state index in [4.69, 9.17) is 14.6 Å². The van der Waals surface area contributed by atoms with Gasteiger partial charge < -0.3 is 19.9 Å². The number of methoxy groups -OCH3 is 2. The van der Waals surface area contributed by atoms with E-state index < -0.39 is 5.97 Å². The predicted molar refractivity (Wildman–Crippen MR) is 121 cm³/mol. The molecule has 0 bridgehead atoms. The molecule has 1 unspecified atom stereocenters. The standard InChI is InChI=1S/C25H33NO5/c1-17-8-7-9-19(14-17)11-12-21(26-13-6-5-10-24(27)28)25(29)20-15-22(30-3)18(2)23(16-20)31-4/h7-9,14-16,21,26H,5-6,10-13H2,1-4H3,(H,27,28). The minimum Gasteiger partial charge on any atom is -0.496 e. The fourth-order valence-electron chi connectivity index (χ4n) is 3.61. The van der Waals surface area contributed by atoms with Crippen LogP contribution in [0.4, 0.5) is 0 Å². The maximum atomic E-state index is 13.4. The van der Waals surface area contributed by atoms with Crippen LogP contribution in [0.1, 0.15) is 52.7 Å². The van der Waals surface area contributed by atoms with Crippen molar-refractivity contribution in [1.82, 2.24) is 5.32 Å². The molecule has 2 aromatic carbocycles. The molecule has 1 atom stereocenters. The maximum absolute atomic E-state index is 13.4. The number of aliphatic carboxylic acids is 1. The predicted octanol–water partition coefficient (Wildman–Crippen LogP) is 4.35. The van der Waals surface area contributed by atoms with Crippen LogP contribution in [0.5, 0.6) is 11.5 Å². The molecule has 2 aromatic rings. The molecule has 0 heterocycles. The van der Waals surface area contributed by atoms with Crippen molar-refractivity contribution in [1.29, 1.82) is 0 Å². The number of unbranched alkanes of at least 4 members (excludes halogenated alkanes) is 1. The molecule has 31 heavy (non-hydrogen) atoms. The number of carboxylic acids is 1. The lowest BCUT2D eigenvalue weighted by Gasteiger charge is -2.20. The molecule has 0 fully saturated rings. The average Bonchev–Trinajstić information content (AvgIpc) is 2.75. The van der Waals surface area contributed by atoms with Crippen LogP contribution < -0.4 is 14.8 Å². The maximum Gasteiger partial charge on any atom is 0.303 e. The molecule has 2 rings (SSSR count). The Morgan fingerprint density at radius 1 is 1.03 bits per heavy atom. The van der Waals surface area contributed by atoms with E-state index in [-0.39, 0.29) is 18.2 Å². The highest BCUT2D eigenvalue weighted by molar-refractivity contribution is 6.01. The lowest BCUT2D eigenvalue weighted by atomic mass is 9.95. The van der Waals surface area contributed by atoms with E-state index in [2.05, 4.69) is 30.4 Å². The number of benzene rings is 2. The first-order valence-corrected chi connectivity index (χ1v) is 10.6. The third-order valence-corrected chi connectivity index (χ3v) is 5.37. The largest absolute Gasteiger partial charge is 0.496 e. The smallest absolute Gasteiger partial charge is 0.303 e. The third-order valence-electron chi connectivity index (χ3n) is 5.37. The SMILES string of the molecule is COc1cc(C(=O)C(CCc2cccc(C)c2)NCCCCC(=O)O)cc(OC)c1C. The molecule has 0 saturated heterocycles. The molecule has 168 valence electrons. The van der Waals surface area contributed by atoms with Crippen LogP contribution in [0.25, 0.3) is 0 Å². The molecule has 0 aliphatic rings. The van der Waals surface area contributed by atoms with Gasteiger partial charge in [-0.2, -0.15) is 0 Å². The average molecular weight is 428 g/mol. The summed E-state index contributed by atoms with van der Waals surface area (Å²) in [7, 11) is 3.15. The summed E-state index contributed by atoms with van der Waals surface area (Å²) in [4.78, 5) is 24.1.